The molecule has 0 spiro atoms. The second kappa shape index (κ2) is 8.91. The summed E-state index contributed by atoms with van der Waals surface area (Å²) in [7, 11) is 0. The van der Waals surface area contributed by atoms with E-state index in [1.807, 2.05) is 13.0 Å². The van der Waals surface area contributed by atoms with Crippen molar-refractivity contribution in [2.75, 3.05) is 5.01 Å². The zero-order valence-corrected chi connectivity index (χ0v) is 17.1. The van der Waals surface area contributed by atoms with Gasteiger partial charge in [0.25, 0.3) is 5.69 Å². The first-order chi connectivity index (χ1) is 14.3. The first kappa shape index (κ1) is 21.2. The van der Waals surface area contributed by atoms with Gasteiger partial charge in [-0.1, -0.05) is 6.07 Å². The number of aryl methyl sites for hydroxylation is 1. The van der Waals surface area contributed by atoms with E-state index in [9.17, 15) is 19.7 Å². The fourth-order valence-electron chi connectivity index (χ4n) is 2.90. The lowest BCUT2D eigenvalue weighted by molar-refractivity contribution is -0.384. The number of hydrazine groups is 2. The number of rotatable bonds is 8. The van der Waals surface area contributed by atoms with Crippen molar-refractivity contribution in [3.8, 4) is 0 Å². The van der Waals surface area contributed by atoms with Gasteiger partial charge in [-0.05, 0) is 43.2 Å². The highest BCUT2D eigenvalue weighted by molar-refractivity contribution is 7.16. The first-order valence-corrected chi connectivity index (χ1v) is 9.69. The van der Waals surface area contributed by atoms with Crippen molar-refractivity contribution in [1.82, 2.24) is 10.1 Å². The van der Waals surface area contributed by atoms with Crippen LogP contribution in [0.2, 0.25) is 0 Å². The number of hydrogen-bond donors (Lipinski definition) is 1. The third-order valence-corrected chi connectivity index (χ3v) is 5.78. The van der Waals surface area contributed by atoms with Crippen molar-refractivity contribution in [2.24, 2.45) is 5.84 Å². The number of carbonyl (C=O) groups is 2. The quantitative estimate of drug-likeness (QED) is 0.193. The number of nitro benzene ring substituents is 1. The van der Waals surface area contributed by atoms with E-state index in [1.165, 1.54) is 45.7 Å². The van der Waals surface area contributed by atoms with Crippen molar-refractivity contribution in [3.63, 3.8) is 0 Å². The van der Waals surface area contributed by atoms with E-state index < -0.39 is 4.92 Å². The molecule has 0 aliphatic rings. The van der Waals surface area contributed by atoms with Gasteiger partial charge >= 0.3 is 0 Å². The molecule has 2 N–H and O–H groups in total. The highest BCUT2D eigenvalue weighted by atomic mass is 32.1. The Hall–Kier alpha value is -3.47. The van der Waals surface area contributed by atoms with Gasteiger partial charge in [0.2, 0.25) is 6.41 Å². The average Bonchev–Trinajstić information content (AvgIpc) is 3.03. The summed E-state index contributed by atoms with van der Waals surface area (Å²) >= 11 is 1.27. The van der Waals surface area contributed by atoms with Crippen molar-refractivity contribution in [3.05, 3.63) is 86.0 Å². The third-order valence-electron chi connectivity index (χ3n) is 4.59. The number of ketones is 1. The lowest BCUT2D eigenvalue weighted by Crippen LogP contribution is -2.46. The number of thiophene rings is 1. The Morgan fingerprint density at radius 2 is 1.97 bits per heavy atom. The normalized spacial score (nSPS) is 10.8. The van der Waals surface area contributed by atoms with E-state index in [2.05, 4.69) is 4.98 Å². The van der Waals surface area contributed by atoms with Gasteiger partial charge in [-0.2, -0.15) is 0 Å². The predicted octanol–water partition coefficient (Wildman–Crippen LogP) is 3.15. The zero-order valence-electron chi connectivity index (χ0n) is 16.3. The Morgan fingerprint density at radius 3 is 2.53 bits per heavy atom. The summed E-state index contributed by atoms with van der Waals surface area (Å²) < 4.78 is 0. The van der Waals surface area contributed by atoms with Gasteiger partial charge in [0, 0.05) is 35.0 Å². The van der Waals surface area contributed by atoms with Gasteiger partial charge in [0.1, 0.15) is 5.00 Å². The number of pyridine rings is 1. The fraction of sp³-hybridized carbons (Fsp3) is 0.150. The van der Waals surface area contributed by atoms with Crippen molar-refractivity contribution < 1.29 is 14.5 Å². The number of amides is 1. The molecule has 0 saturated heterocycles. The molecule has 0 fully saturated rings. The van der Waals surface area contributed by atoms with Gasteiger partial charge < -0.3 is 0 Å². The van der Waals surface area contributed by atoms with Gasteiger partial charge in [0.15, 0.2) is 5.78 Å². The SMILES string of the molecule is Cc1sc(N(C=O)N(N)Cc2cccnc2)c(C(=O)c2ccc([N+](=O)[O-])cc2)c1C. The summed E-state index contributed by atoms with van der Waals surface area (Å²) in [5.41, 5.74) is 2.02. The molecule has 2 heterocycles. The standard InChI is InChI=1S/C20H19N5O4S/c1-13-14(2)30-20(23(12-26)24(21)11-15-4-3-9-22-10-15)18(13)19(27)16-5-7-17(8-6-16)25(28)29/h3-10,12H,11,21H2,1-2H3. The number of aromatic nitrogens is 1. The molecule has 154 valence electrons. The summed E-state index contributed by atoms with van der Waals surface area (Å²) in [5.74, 6) is 5.79. The van der Waals surface area contributed by atoms with Crippen molar-refractivity contribution in [2.45, 2.75) is 20.4 Å². The molecule has 0 radical (unpaired) electrons. The van der Waals surface area contributed by atoms with Crippen LogP contribution in [0, 0.1) is 24.0 Å². The largest absolute Gasteiger partial charge is 0.288 e. The number of nitrogens with two attached hydrogens (primary N) is 1. The molecule has 1 aromatic carbocycles. The van der Waals surface area contributed by atoms with Crippen LogP contribution >= 0.6 is 11.3 Å². The van der Waals surface area contributed by atoms with E-state index >= 15 is 0 Å². The molecule has 0 saturated carbocycles. The molecular weight excluding hydrogens is 406 g/mol. The monoisotopic (exact) mass is 425 g/mol. The number of nitro groups is 1. The lowest BCUT2D eigenvalue weighted by Gasteiger charge is -2.27. The second-order valence-electron chi connectivity index (χ2n) is 6.51. The fourth-order valence-corrected chi connectivity index (χ4v) is 4.03. The predicted molar refractivity (Wildman–Crippen MR) is 113 cm³/mol. The molecule has 0 aliphatic heterocycles. The molecular formula is C20H19N5O4S. The van der Waals surface area contributed by atoms with Crippen LogP contribution in [0.3, 0.4) is 0 Å². The minimum absolute atomic E-state index is 0.107. The lowest BCUT2D eigenvalue weighted by atomic mass is 10.0. The smallest absolute Gasteiger partial charge is 0.269 e. The van der Waals surface area contributed by atoms with E-state index in [0.717, 1.165) is 16.0 Å². The summed E-state index contributed by atoms with van der Waals surface area (Å²) in [6, 6.07) is 8.93. The zero-order chi connectivity index (χ0) is 21.8. The second-order valence-corrected chi connectivity index (χ2v) is 7.71. The molecule has 0 atom stereocenters. The molecule has 3 rings (SSSR count). The van der Waals surface area contributed by atoms with E-state index in [4.69, 9.17) is 5.84 Å². The number of hydrogen-bond acceptors (Lipinski definition) is 8. The number of non-ortho nitro benzene ring substituents is 1. The minimum atomic E-state index is -0.529. The van der Waals surface area contributed by atoms with Gasteiger partial charge in [0.05, 0.1) is 17.0 Å². The highest BCUT2D eigenvalue weighted by Crippen LogP contribution is 2.37. The first-order valence-electron chi connectivity index (χ1n) is 8.88. The summed E-state index contributed by atoms with van der Waals surface area (Å²) in [6.45, 7) is 3.84. The Labute approximate surface area is 176 Å². The number of anilines is 1. The van der Waals surface area contributed by atoms with E-state index in [1.54, 1.807) is 25.4 Å². The molecule has 0 bridgehead atoms. The highest BCUT2D eigenvalue weighted by Gasteiger charge is 2.27. The molecule has 9 nitrogen and oxygen atoms in total. The van der Waals surface area contributed by atoms with E-state index in [0.29, 0.717) is 17.0 Å². The molecule has 30 heavy (non-hydrogen) atoms. The van der Waals surface area contributed by atoms with Crippen molar-refractivity contribution in [1.29, 1.82) is 0 Å². The van der Waals surface area contributed by atoms with Crippen LogP contribution in [0.4, 0.5) is 10.7 Å². The minimum Gasteiger partial charge on any atom is -0.288 e. The average molecular weight is 425 g/mol. The maximum Gasteiger partial charge on any atom is 0.269 e. The molecule has 10 heteroatoms. The van der Waals surface area contributed by atoms with E-state index in [-0.39, 0.29) is 23.6 Å². The maximum atomic E-state index is 13.2. The van der Waals surface area contributed by atoms with Crippen LogP contribution in [-0.2, 0) is 11.3 Å². The van der Waals surface area contributed by atoms with Crippen LogP contribution < -0.4 is 10.9 Å². The van der Waals surface area contributed by atoms with Crippen molar-refractivity contribution >= 4 is 34.2 Å². The van der Waals surface area contributed by atoms with Crippen LogP contribution in [0.5, 0.6) is 0 Å². The van der Waals surface area contributed by atoms with Gasteiger partial charge in [-0.3, -0.25) is 24.7 Å². The molecule has 1 amide bonds. The Bertz CT molecular complexity index is 1080. The number of benzene rings is 1. The molecule has 2 aromatic heterocycles. The maximum absolute atomic E-state index is 13.2. The van der Waals surface area contributed by atoms with Crippen LogP contribution in [0.1, 0.15) is 31.9 Å². The Kier molecular flexibility index (Phi) is 6.31. The van der Waals surface area contributed by atoms with Crippen LogP contribution in [0.15, 0.2) is 48.8 Å². The summed E-state index contributed by atoms with van der Waals surface area (Å²) in [5, 5.41) is 13.7. The number of nitrogens with zero attached hydrogens (tertiary/aromatic N) is 4. The number of carbonyl (C=O) groups excluding carboxylic acids is 2. The molecule has 0 aliphatic carbocycles. The Morgan fingerprint density at radius 1 is 1.27 bits per heavy atom. The molecule has 0 unspecified atom stereocenters. The summed E-state index contributed by atoms with van der Waals surface area (Å²) in [4.78, 5) is 40.3. The van der Waals surface area contributed by atoms with Gasteiger partial charge in [-0.15, -0.1) is 16.5 Å². The third kappa shape index (κ3) is 4.25. The Balaban J connectivity index is 1.97. The van der Waals surface area contributed by atoms with Gasteiger partial charge in [-0.25, -0.2) is 10.9 Å². The molecule has 3 aromatic rings. The topological polar surface area (TPSA) is 123 Å². The summed E-state index contributed by atoms with van der Waals surface area (Å²) in [6.07, 6.45) is 3.82. The van der Waals surface area contributed by atoms with Crippen LogP contribution in [-0.4, -0.2) is 27.2 Å². The van der Waals surface area contributed by atoms with Crippen LogP contribution in [0.25, 0.3) is 0 Å².